The SMILES string of the molecule is CC(C)c1ccc(C(=O)NN2CCCC2)cc1F. The number of carbonyl (C=O) groups excluding carboxylic acids is 1. The van der Waals surface area contributed by atoms with Gasteiger partial charge >= 0.3 is 0 Å². The third kappa shape index (κ3) is 2.88. The number of halogens is 1. The molecule has 1 aromatic carbocycles. The van der Waals surface area contributed by atoms with E-state index in [1.54, 1.807) is 12.1 Å². The molecule has 1 aliphatic rings. The number of nitrogens with zero attached hydrogens (tertiary/aromatic N) is 1. The lowest BCUT2D eigenvalue weighted by Crippen LogP contribution is -2.40. The average molecular weight is 250 g/mol. The summed E-state index contributed by atoms with van der Waals surface area (Å²) in [6.07, 6.45) is 2.20. The number of benzene rings is 1. The van der Waals surface area contributed by atoms with Crippen molar-refractivity contribution < 1.29 is 9.18 Å². The molecular formula is C14H19FN2O. The number of nitrogens with one attached hydrogen (secondary N) is 1. The predicted molar refractivity (Wildman–Crippen MR) is 68.8 cm³/mol. The predicted octanol–water partition coefficient (Wildman–Crippen LogP) is 2.69. The molecule has 0 unspecified atom stereocenters. The Morgan fingerprint density at radius 2 is 2.00 bits per heavy atom. The van der Waals surface area contributed by atoms with Crippen LogP contribution in [0.15, 0.2) is 18.2 Å². The van der Waals surface area contributed by atoms with Gasteiger partial charge in [0.15, 0.2) is 0 Å². The molecule has 0 aromatic heterocycles. The van der Waals surface area contributed by atoms with Crippen molar-refractivity contribution in [1.29, 1.82) is 0 Å². The van der Waals surface area contributed by atoms with Gasteiger partial charge in [0.25, 0.3) is 5.91 Å². The van der Waals surface area contributed by atoms with Gasteiger partial charge in [-0.3, -0.25) is 10.2 Å². The first-order valence-corrected chi connectivity index (χ1v) is 6.43. The van der Waals surface area contributed by atoms with Gasteiger partial charge in [-0.25, -0.2) is 9.40 Å². The van der Waals surface area contributed by atoms with E-state index in [9.17, 15) is 9.18 Å². The third-order valence-corrected chi connectivity index (χ3v) is 3.25. The second kappa shape index (κ2) is 5.48. The lowest BCUT2D eigenvalue weighted by molar-refractivity contribution is 0.0825. The highest BCUT2D eigenvalue weighted by Gasteiger charge is 2.16. The molecule has 0 saturated carbocycles. The zero-order valence-corrected chi connectivity index (χ0v) is 10.9. The van der Waals surface area contributed by atoms with Gasteiger partial charge < -0.3 is 0 Å². The average Bonchev–Trinajstić information content (AvgIpc) is 2.81. The summed E-state index contributed by atoms with van der Waals surface area (Å²) in [6, 6.07) is 4.70. The summed E-state index contributed by atoms with van der Waals surface area (Å²) in [5.41, 5.74) is 3.82. The molecule has 0 bridgehead atoms. The van der Waals surface area contributed by atoms with Gasteiger partial charge in [-0.1, -0.05) is 19.9 Å². The van der Waals surface area contributed by atoms with Crippen molar-refractivity contribution in [2.24, 2.45) is 0 Å². The Bertz CT molecular complexity index is 439. The van der Waals surface area contributed by atoms with Crippen molar-refractivity contribution in [3.8, 4) is 0 Å². The van der Waals surface area contributed by atoms with Crippen molar-refractivity contribution in [1.82, 2.24) is 10.4 Å². The summed E-state index contributed by atoms with van der Waals surface area (Å²) in [7, 11) is 0. The van der Waals surface area contributed by atoms with Crippen LogP contribution in [0, 0.1) is 5.82 Å². The highest BCUT2D eigenvalue weighted by atomic mass is 19.1. The van der Waals surface area contributed by atoms with E-state index in [0.29, 0.717) is 11.1 Å². The van der Waals surface area contributed by atoms with E-state index >= 15 is 0 Å². The number of rotatable bonds is 3. The second-order valence-electron chi connectivity index (χ2n) is 5.03. The molecule has 1 aromatic rings. The molecular weight excluding hydrogens is 231 g/mol. The Hall–Kier alpha value is -1.42. The van der Waals surface area contributed by atoms with Gasteiger partial charge in [0.2, 0.25) is 0 Å². The van der Waals surface area contributed by atoms with Crippen LogP contribution >= 0.6 is 0 Å². The minimum Gasteiger partial charge on any atom is -0.285 e. The summed E-state index contributed by atoms with van der Waals surface area (Å²) in [6.45, 7) is 5.61. The van der Waals surface area contributed by atoms with Gasteiger partial charge in [0, 0.05) is 18.7 Å². The molecule has 3 nitrogen and oxygen atoms in total. The summed E-state index contributed by atoms with van der Waals surface area (Å²) in [4.78, 5) is 11.9. The lowest BCUT2D eigenvalue weighted by Gasteiger charge is -2.16. The smallest absolute Gasteiger partial charge is 0.265 e. The van der Waals surface area contributed by atoms with Crippen molar-refractivity contribution in [3.05, 3.63) is 35.1 Å². The summed E-state index contributed by atoms with van der Waals surface area (Å²) < 4.78 is 13.8. The van der Waals surface area contributed by atoms with E-state index < -0.39 is 0 Å². The molecule has 1 fully saturated rings. The van der Waals surface area contributed by atoms with Gasteiger partial charge in [0.1, 0.15) is 5.82 Å². The monoisotopic (exact) mass is 250 g/mol. The van der Waals surface area contributed by atoms with Crippen LogP contribution in [0.1, 0.15) is 48.5 Å². The molecule has 0 spiro atoms. The van der Waals surface area contributed by atoms with Crippen LogP contribution < -0.4 is 5.43 Å². The topological polar surface area (TPSA) is 32.3 Å². The molecule has 98 valence electrons. The minimum absolute atomic E-state index is 0.126. The van der Waals surface area contributed by atoms with Gasteiger partial charge in [-0.2, -0.15) is 0 Å². The fraction of sp³-hybridized carbons (Fsp3) is 0.500. The first kappa shape index (κ1) is 13.0. The first-order valence-electron chi connectivity index (χ1n) is 6.43. The Morgan fingerprint density at radius 1 is 1.33 bits per heavy atom. The molecule has 0 aliphatic carbocycles. The zero-order chi connectivity index (χ0) is 13.1. The molecule has 1 saturated heterocycles. The molecule has 0 atom stereocenters. The Balaban J connectivity index is 2.08. The molecule has 2 rings (SSSR count). The number of hydrogen-bond acceptors (Lipinski definition) is 2. The van der Waals surface area contributed by atoms with Crippen molar-refractivity contribution in [2.45, 2.75) is 32.6 Å². The van der Waals surface area contributed by atoms with Crippen molar-refractivity contribution in [2.75, 3.05) is 13.1 Å². The minimum atomic E-state index is -0.306. The second-order valence-corrected chi connectivity index (χ2v) is 5.03. The fourth-order valence-corrected chi connectivity index (χ4v) is 2.17. The molecule has 1 N–H and O–H groups in total. The van der Waals surface area contributed by atoms with Crippen molar-refractivity contribution in [3.63, 3.8) is 0 Å². The maximum atomic E-state index is 13.8. The van der Waals surface area contributed by atoms with Gasteiger partial charge in [-0.15, -0.1) is 0 Å². The normalized spacial score (nSPS) is 16.2. The summed E-state index contributed by atoms with van der Waals surface area (Å²) in [5.74, 6) is -0.411. The number of amides is 1. The molecule has 18 heavy (non-hydrogen) atoms. The number of carbonyl (C=O) groups is 1. The van der Waals surface area contributed by atoms with Gasteiger partial charge in [-0.05, 0) is 36.5 Å². The lowest BCUT2D eigenvalue weighted by atomic mass is 10.0. The quantitative estimate of drug-likeness (QED) is 0.894. The van der Waals surface area contributed by atoms with Crippen LogP contribution in [0.3, 0.4) is 0 Å². The molecule has 1 aliphatic heterocycles. The van der Waals surface area contributed by atoms with Crippen molar-refractivity contribution >= 4 is 5.91 Å². The van der Waals surface area contributed by atoms with Crippen LogP contribution in [0.2, 0.25) is 0 Å². The standard InChI is InChI=1S/C14H19FN2O/c1-10(2)12-6-5-11(9-13(12)15)14(18)16-17-7-3-4-8-17/h5-6,9-10H,3-4,7-8H2,1-2H3,(H,16,18). The van der Waals surface area contributed by atoms with Crippen LogP contribution in [-0.2, 0) is 0 Å². The van der Waals surface area contributed by atoms with Crippen LogP contribution in [-0.4, -0.2) is 24.0 Å². The van der Waals surface area contributed by atoms with E-state index in [0.717, 1.165) is 25.9 Å². The molecule has 1 heterocycles. The highest BCUT2D eigenvalue weighted by molar-refractivity contribution is 5.93. The van der Waals surface area contributed by atoms with E-state index in [1.807, 2.05) is 18.9 Å². The Kier molecular flexibility index (Phi) is 3.97. The largest absolute Gasteiger partial charge is 0.285 e. The third-order valence-electron chi connectivity index (χ3n) is 3.25. The number of hydrogen-bond donors (Lipinski definition) is 1. The van der Waals surface area contributed by atoms with Crippen LogP contribution in [0.4, 0.5) is 4.39 Å². The number of hydrazine groups is 1. The van der Waals surface area contributed by atoms with E-state index in [4.69, 9.17) is 0 Å². The highest BCUT2D eigenvalue weighted by Crippen LogP contribution is 2.19. The van der Waals surface area contributed by atoms with E-state index in [1.165, 1.54) is 6.07 Å². The van der Waals surface area contributed by atoms with E-state index in [2.05, 4.69) is 5.43 Å². The zero-order valence-electron chi connectivity index (χ0n) is 10.9. The summed E-state index contributed by atoms with van der Waals surface area (Å²) in [5, 5.41) is 1.89. The first-order chi connectivity index (χ1) is 8.58. The maximum Gasteiger partial charge on any atom is 0.265 e. The molecule has 4 heteroatoms. The van der Waals surface area contributed by atoms with Gasteiger partial charge in [0.05, 0.1) is 0 Å². The Labute approximate surface area is 107 Å². The Morgan fingerprint density at radius 3 is 2.56 bits per heavy atom. The molecule has 0 radical (unpaired) electrons. The molecule has 1 amide bonds. The summed E-state index contributed by atoms with van der Waals surface area (Å²) >= 11 is 0. The fourth-order valence-electron chi connectivity index (χ4n) is 2.17. The van der Waals surface area contributed by atoms with Crippen LogP contribution in [0.25, 0.3) is 0 Å². The maximum absolute atomic E-state index is 13.8. The van der Waals surface area contributed by atoms with E-state index in [-0.39, 0.29) is 17.6 Å². The van der Waals surface area contributed by atoms with Crippen LogP contribution in [0.5, 0.6) is 0 Å².